The molecule has 0 bridgehead atoms. The van der Waals surface area contributed by atoms with Crippen molar-refractivity contribution in [2.24, 2.45) is 4.99 Å². The average Bonchev–Trinajstić information content (AvgIpc) is 2.33. The minimum Gasteiger partial charge on any atom is -0.427 e. The summed E-state index contributed by atoms with van der Waals surface area (Å²) in [5, 5.41) is 9.41. The minimum atomic E-state index is -0.242. The van der Waals surface area contributed by atoms with Crippen LogP contribution in [0.5, 0.6) is 0 Å². The van der Waals surface area contributed by atoms with E-state index < -0.39 is 0 Å². The molecule has 1 N–H and O–H groups in total. The number of carbonyl (C=O) groups excluding carboxylic acids is 1. The number of rotatable bonds is 1. The van der Waals surface area contributed by atoms with Gasteiger partial charge in [-0.25, -0.2) is 0 Å². The fourth-order valence-corrected chi connectivity index (χ4v) is 1.72. The monoisotopic (exact) mass is 218 g/mol. The van der Waals surface area contributed by atoms with Crippen LogP contribution in [-0.2, 0) is 4.79 Å². The Morgan fingerprint density at radius 3 is 2.94 bits per heavy atom. The lowest BCUT2D eigenvalue weighted by Crippen LogP contribution is -2.20. The van der Waals surface area contributed by atoms with Gasteiger partial charge in [-0.3, -0.25) is 4.79 Å². The van der Waals surface area contributed by atoms with Crippen molar-refractivity contribution in [3.05, 3.63) is 41.5 Å². The zero-order valence-electron chi connectivity index (χ0n) is 8.97. The Hall–Kier alpha value is -1.84. The van der Waals surface area contributed by atoms with Gasteiger partial charge in [0.05, 0.1) is 0 Å². The molecule has 0 aliphatic heterocycles. The Morgan fingerprint density at radius 2 is 2.25 bits per heavy atom. The summed E-state index contributed by atoms with van der Waals surface area (Å²) in [5.41, 5.74) is 1.02. The van der Waals surface area contributed by atoms with Crippen molar-refractivity contribution in [2.75, 3.05) is 0 Å². The van der Waals surface area contributed by atoms with Crippen LogP contribution < -0.4 is 5.49 Å². The predicted molar refractivity (Wildman–Crippen MR) is 58.7 cm³/mol. The maximum absolute atomic E-state index is 11.8. The molecule has 0 saturated carbocycles. The first-order valence-electron chi connectivity index (χ1n) is 5.42. The molecule has 0 spiro atoms. The van der Waals surface area contributed by atoms with E-state index in [9.17, 15) is 10.0 Å². The van der Waals surface area contributed by atoms with Crippen LogP contribution in [0.25, 0.3) is 0 Å². The minimum absolute atomic E-state index is 0.242. The van der Waals surface area contributed by atoms with Crippen LogP contribution in [0.2, 0.25) is 0 Å². The van der Waals surface area contributed by atoms with Crippen molar-refractivity contribution >= 4 is 5.91 Å². The van der Waals surface area contributed by atoms with Crippen molar-refractivity contribution in [1.29, 1.82) is 0 Å². The first kappa shape index (κ1) is 10.7. The van der Waals surface area contributed by atoms with E-state index in [2.05, 4.69) is 4.99 Å². The molecule has 16 heavy (non-hydrogen) atoms. The highest BCUT2D eigenvalue weighted by atomic mass is 16.5. The largest absolute Gasteiger partial charge is 0.427 e. The van der Waals surface area contributed by atoms with Crippen molar-refractivity contribution in [3.8, 4) is 0 Å². The molecule has 2 rings (SSSR count). The third-order valence-corrected chi connectivity index (χ3v) is 2.60. The van der Waals surface area contributed by atoms with Gasteiger partial charge in [0.2, 0.25) is 0 Å². The summed E-state index contributed by atoms with van der Waals surface area (Å²) in [7, 11) is 0. The van der Waals surface area contributed by atoms with Crippen LogP contribution in [0.4, 0.5) is 0 Å². The zero-order valence-corrected chi connectivity index (χ0v) is 8.97. The van der Waals surface area contributed by atoms with Crippen LogP contribution in [0.1, 0.15) is 25.7 Å². The fourth-order valence-electron chi connectivity index (χ4n) is 1.72. The molecule has 1 aromatic heterocycles. The lowest BCUT2D eigenvalue weighted by Gasteiger charge is -2.08. The van der Waals surface area contributed by atoms with Gasteiger partial charge in [-0.2, -0.15) is 9.72 Å². The fraction of sp³-hybridized carbons (Fsp3) is 0.333. The summed E-state index contributed by atoms with van der Waals surface area (Å²) in [6, 6.07) is 5.00. The molecule has 0 atom stereocenters. The lowest BCUT2D eigenvalue weighted by molar-refractivity contribution is -0.115. The number of amides is 1. The topological polar surface area (TPSA) is 54.6 Å². The van der Waals surface area contributed by atoms with Crippen molar-refractivity contribution < 1.29 is 10.0 Å². The maximum atomic E-state index is 11.8. The SMILES string of the molecule is O=C(N=c1ccccn1O)C1=CCCCC1. The standard InChI is InChI=1S/C12H14N2O2/c15-12(10-6-2-1-3-7-10)13-11-8-4-5-9-14(11)16/h4-6,8-9,16H,1-3,7H2. The Bertz CT molecular complexity index is 486. The summed E-state index contributed by atoms with van der Waals surface area (Å²) in [6.45, 7) is 0. The average molecular weight is 218 g/mol. The van der Waals surface area contributed by atoms with Gasteiger partial charge in [0.1, 0.15) is 0 Å². The Kier molecular flexibility index (Phi) is 3.19. The molecule has 0 unspecified atom stereocenters. The van der Waals surface area contributed by atoms with E-state index in [0.29, 0.717) is 0 Å². The number of allylic oxidation sites excluding steroid dienone is 1. The van der Waals surface area contributed by atoms with E-state index in [1.165, 1.54) is 6.20 Å². The Labute approximate surface area is 93.5 Å². The van der Waals surface area contributed by atoms with Gasteiger partial charge < -0.3 is 5.21 Å². The van der Waals surface area contributed by atoms with Crippen molar-refractivity contribution in [2.45, 2.75) is 25.7 Å². The number of hydrogen-bond donors (Lipinski definition) is 1. The van der Waals surface area contributed by atoms with Gasteiger partial charge >= 0.3 is 0 Å². The molecule has 1 amide bonds. The van der Waals surface area contributed by atoms with Gasteiger partial charge in [0.25, 0.3) is 5.91 Å². The first-order valence-corrected chi connectivity index (χ1v) is 5.42. The van der Waals surface area contributed by atoms with Crippen LogP contribution >= 0.6 is 0 Å². The number of nitrogens with zero attached hydrogens (tertiary/aromatic N) is 2. The normalized spacial score (nSPS) is 17.0. The van der Waals surface area contributed by atoms with Crippen LogP contribution in [-0.4, -0.2) is 15.8 Å². The van der Waals surface area contributed by atoms with Crippen molar-refractivity contribution in [1.82, 2.24) is 4.73 Å². The van der Waals surface area contributed by atoms with Gasteiger partial charge in [-0.15, -0.1) is 0 Å². The van der Waals surface area contributed by atoms with E-state index in [0.717, 1.165) is 36.0 Å². The molecule has 1 aliphatic rings. The molecule has 0 saturated heterocycles. The molecular formula is C12H14N2O2. The predicted octanol–water partition coefficient (Wildman–Crippen LogP) is 1.65. The molecule has 0 fully saturated rings. The van der Waals surface area contributed by atoms with Gasteiger partial charge in [-0.05, 0) is 37.8 Å². The quantitative estimate of drug-likeness (QED) is 0.729. The van der Waals surface area contributed by atoms with Crippen molar-refractivity contribution in [3.63, 3.8) is 0 Å². The second-order valence-corrected chi connectivity index (χ2v) is 3.80. The second-order valence-electron chi connectivity index (χ2n) is 3.80. The Balaban J connectivity index is 2.27. The smallest absolute Gasteiger partial charge is 0.274 e. The molecule has 1 aromatic rings. The van der Waals surface area contributed by atoms with Crippen LogP contribution in [0.15, 0.2) is 41.0 Å². The highest BCUT2D eigenvalue weighted by Crippen LogP contribution is 2.17. The first-order chi connectivity index (χ1) is 7.77. The summed E-state index contributed by atoms with van der Waals surface area (Å²) < 4.78 is 0.848. The highest BCUT2D eigenvalue weighted by Gasteiger charge is 2.10. The van der Waals surface area contributed by atoms with Gasteiger partial charge in [-0.1, -0.05) is 12.1 Å². The molecule has 4 heteroatoms. The summed E-state index contributed by atoms with van der Waals surface area (Å²) in [5.74, 6) is -0.242. The molecule has 1 aliphatic carbocycles. The second kappa shape index (κ2) is 4.79. The van der Waals surface area contributed by atoms with E-state index in [-0.39, 0.29) is 11.4 Å². The maximum Gasteiger partial charge on any atom is 0.274 e. The van der Waals surface area contributed by atoms with Gasteiger partial charge in [0, 0.05) is 11.8 Å². The summed E-state index contributed by atoms with van der Waals surface area (Å²) in [4.78, 5) is 15.6. The molecule has 1 heterocycles. The number of hydrogen-bond acceptors (Lipinski definition) is 2. The number of carbonyl (C=O) groups is 1. The van der Waals surface area contributed by atoms with E-state index in [4.69, 9.17) is 0 Å². The molecule has 4 nitrogen and oxygen atoms in total. The molecular weight excluding hydrogens is 204 g/mol. The van der Waals surface area contributed by atoms with E-state index in [1.54, 1.807) is 18.2 Å². The third kappa shape index (κ3) is 2.39. The third-order valence-electron chi connectivity index (χ3n) is 2.60. The Morgan fingerprint density at radius 1 is 1.38 bits per heavy atom. The lowest BCUT2D eigenvalue weighted by atomic mass is 9.99. The van der Waals surface area contributed by atoms with Crippen LogP contribution in [0.3, 0.4) is 0 Å². The number of aromatic nitrogens is 1. The summed E-state index contributed by atoms with van der Waals surface area (Å²) >= 11 is 0. The molecule has 0 radical (unpaired) electrons. The molecule has 0 aromatic carbocycles. The van der Waals surface area contributed by atoms with E-state index in [1.807, 2.05) is 6.08 Å². The summed E-state index contributed by atoms with van der Waals surface area (Å²) in [6.07, 6.45) is 7.32. The number of pyridine rings is 1. The zero-order chi connectivity index (χ0) is 11.4. The highest BCUT2D eigenvalue weighted by molar-refractivity contribution is 5.94. The van der Waals surface area contributed by atoms with E-state index >= 15 is 0 Å². The van der Waals surface area contributed by atoms with Crippen LogP contribution in [0, 0.1) is 0 Å². The molecule has 84 valence electrons. The van der Waals surface area contributed by atoms with Gasteiger partial charge in [0.15, 0.2) is 5.49 Å².